The van der Waals surface area contributed by atoms with Gasteiger partial charge in [-0.25, -0.2) is 28.6 Å². The Morgan fingerprint density at radius 1 is 0.735 bits per heavy atom. The number of hydrogen-bond acceptors (Lipinski definition) is 11. The number of ether oxygens (including phenoxy) is 7. The lowest BCUT2D eigenvalue weighted by atomic mass is 9.91. The van der Waals surface area contributed by atoms with Crippen LogP contribution in [0.15, 0.2) is 12.7 Å². The van der Waals surface area contributed by atoms with Crippen LogP contribution in [0, 0.1) is 0 Å². The van der Waals surface area contributed by atoms with Gasteiger partial charge in [-0.3, -0.25) is 4.79 Å². The molecule has 1 saturated carbocycles. The van der Waals surface area contributed by atoms with Gasteiger partial charge in [0.15, 0.2) is 6.61 Å². The Hall–Kier alpha value is -3.60. The monoisotopic (exact) mass is 740 g/mol. The van der Waals surface area contributed by atoms with Gasteiger partial charge in [-0.05, 0) is 44.9 Å². The molecule has 0 aromatic rings. The second-order valence-corrected chi connectivity index (χ2v) is 10.1. The maximum absolute atomic E-state index is 13.8. The first-order valence-corrected chi connectivity index (χ1v) is 14.3. The van der Waals surface area contributed by atoms with E-state index in [1.165, 1.54) is 0 Å². The third kappa shape index (κ3) is 17.6. The van der Waals surface area contributed by atoms with E-state index in [4.69, 9.17) is 4.74 Å². The van der Waals surface area contributed by atoms with Gasteiger partial charge in [0.25, 0.3) is 0 Å². The molecule has 0 saturated heterocycles. The molecule has 1 fully saturated rings. The van der Waals surface area contributed by atoms with Crippen LogP contribution in [0.2, 0.25) is 0 Å². The Balaban J connectivity index is 2.42. The lowest BCUT2D eigenvalue weighted by Crippen LogP contribution is -2.54. The van der Waals surface area contributed by atoms with Gasteiger partial charge >= 0.3 is 54.9 Å². The number of esters is 2. The molecule has 0 bridgehead atoms. The average molecular weight is 741 g/mol. The molecule has 13 nitrogen and oxygen atoms in total. The number of carbonyl (C=O) groups is 4. The smallest absolute Gasteiger partial charge is 0.450 e. The number of halogens is 10. The van der Waals surface area contributed by atoms with Gasteiger partial charge in [-0.15, -0.1) is 8.78 Å². The third-order valence-corrected chi connectivity index (χ3v) is 6.08. The molecule has 284 valence electrons. The zero-order chi connectivity index (χ0) is 37.5. The zero-order valence-corrected chi connectivity index (χ0v) is 25.7. The van der Waals surface area contributed by atoms with E-state index in [-0.39, 0.29) is 25.9 Å². The Kier molecular flexibility index (Phi) is 16.8. The fourth-order valence-corrected chi connectivity index (χ4v) is 3.77. The SMILES string of the molecule is C=CC(=O)OCOC(=O)CCCCCOC(=O)NC1CCCC(NC(=O)OCC(F)(F)OC(F)(F)C(F)(F)OC(F)(F)OC(F)(F)CC)C1. The molecule has 2 unspecified atom stereocenters. The van der Waals surface area contributed by atoms with E-state index in [0.717, 1.165) is 6.08 Å². The van der Waals surface area contributed by atoms with Crippen LogP contribution in [0.1, 0.15) is 64.7 Å². The number of unbranched alkanes of at least 4 members (excludes halogenated alkanes) is 2. The van der Waals surface area contributed by atoms with Crippen molar-refractivity contribution in [2.75, 3.05) is 20.0 Å². The lowest BCUT2D eigenvalue weighted by molar-refractivity contribution is -0.565. The molecule has 1 rings (SSSR count). The summed E-state index contributed by atoms with van der Waals surface area (Å²) in [5, 5.41) is 4.60. The standard InChI is InChI=1S/C26H34F10N2O11/c1-3-18(39)45-15-46-19(40)11-6-5-7-12-43-20(41)37-16-9-8-10-17(13-16)38-21(42)44-14-23(29,30)47-24(31,32)25(33,34)49-26(35,36)48-22(27,28)4-2/h3,16-17H,1,4-15H2,2H3,(H,37,41)(H,38,42). The maximum Gasteiger partial charge on any atom is 0.495 e. The average Bonchev–Trinajstić information content (AvgIpc) is 2.96. The first-order valence-electron chi connectivity index (χ1n) is 14.3. The van der Waals surface area contributed by atoms with Crippen LogP contribution in [0.25, 0.3) is 0 Å². The highest BCUT2D eigenvalue weighted by Crippen LogP contribution is 2.44. The van der Waals surface area contributed by atoms with Crippen molar-refractivity contribution in [1.82, 2.24) is 10.6 Å². The largest absolute Gasteiger partial charge is 0.495 e. The van der Waals surface area contributed by atoms with E-state index in [1.807, 2.05) is 0 Å². The van der Waals surface area contributed by atoms with E-state index in [1.54, 1.807) is 0 Å². The minimum Gasteiger partial charge on any atom is -0.450 e. The summed E-state index contributed by atoms with van der Waals surface area (Å²) in [6.07, 6.45) is -30.4. The number of nitrogens with one attached hydrogen (secondary N) is 2. The highest BCUT2D eigenvalue weighted by atomic mass is 19.3. The van der Waals surface area contributed by atoms with Gasteiger partial charge in [0.05, 0.1) is 6.61 Å². The van der Waals surface area contributed by atoms with Gasteiger partial charge < -0.3 is 29.6 Å². The first-order chi connectivity index (χ1) is 22.5. The summed E-state index contributed by atoms with van der Waals surface area (Å²) in [5.41, 5.74) is 0. The quantitative estimate of drug-likeness (QED) is 0.0360. The first kappa shape index (κ1) is 43.4. The van der Waals surface area contributed by atoms with E-state index in [2.05, 4.69) is 45.6 Å². The van der Waals surface area contributed by atoms with Crippen LogP contribution in [0.3, 0.4) is 0 Å². The number of rotatable bonds is 21. The van der Waals surface area contributed by atoms with Crippen LogP contribution in [0.5, 0.6) is 0 Å². The molecule has 0 spiro atoms. The van der Waals surface area contributed by atoms with Gasteiger partial charge in [0.1, 0.15) is 0 Å². The van der Waals surface area contributed by atoms with Gasteiger partial charge in [0, 0.05) is 31.0 Å². The molecule has 23 heteroatoms. The van der Waals surface area contributed by atoms with E-state index >= 15 is 0 Å². The molecule has 0 aromatic carbocycles. The van der Waals surface area contributed by atoms with Crippen molar-refractivity contribution in [1.29, 1.82) is 0 Å². The summed E-state index contributed by atoms with van der Waals surface area (Å²) in [6, 6.07) is -1.40. The van der Waals surface area contributed by atoms with Crippen molar-refractivity contribution in [3.05, 3.63) is 12.7 Å². The van der Waals surface area contributed by atoms with Crippen molar-refractivity contribution >= 4 is 24.1 Å². The van der Waals surface area contributed by atoms with Gasteiger partial charge in [-0.1, -0.05) is 13.5 Å². The normalized spacial score (nSPS) is 17.4. The summed E-state index contributed by atoms with van der Waals surface area (Å²) in [4.78, 5) is 46.3. The molecule has 49 heavy (non-hydrogen) atoms. The van der Waals surface area contributed by atoms with Crippen molar-refractivity contribution in [2.45, 2.75) is 108 Å². The molecule has 1 aliphatic rings. The second kappa shape index (κ2) is 19.0. The van der Waals surface area contributed by atoms with Crippen LogP contribution in [-0.4, -0.2) is 86.9 Å². The summed E-state index contributed by atoms with van der Waals surface area (Å²) in [7, 11) is 0. The van der Waals surface area contributed by atoms with Gasteiger partial charge in [-0.2, -0.15) is 35.1 Å². The fraction of sp³-hybridized carbons (Fsp3) is 0.769. The fourth-order valence-electron chi connectivity index (χ4n) is 3.77. The Labute approximate surface area is 271 Å². The molecule has 2 N–H and O–H groups in total. The minimum absolute atomic E-state index is 0.0149. The van der Waals surface area contributed by atoms with Crippen LogP contribution >= 0.6 is 0 Å². The van der Waals surface area contributed by atoms with Gasteiger partial charge in [0.2, 0.25) is 6.79 Å². The molecule has 0 aromatic heterocycles. The predicted octanol–water partition coefficient (Wildman–Crippen LogP) is 5.92. The number of amides is 2. The van der Waals surface area contributed by atoms with Crippen molar-refractivity contribution in [3.8, 4) is 0 Å². The summed E-state index contributed by atoms with van der Waals surface area (Å²) in [6.45, 7) is 0.702. The molecular formula is C26H34F10N2O11. The topological polar surface area (TPSA) is 157 Å². The lowest BCUT2D eigenvalue weighted by Gasteiger charge is -2.32. The van der Waals surface area contributed by atoms with E-state index < -0.39 is 86.8 Å². The van der Waals surface area contributed by atoms with E-state index in [0.29, 0.717) is 39.0 Å². The molecule has 0 aliphatic heterocycles. The number of hydrogen-bond donors (Lipinski definition) is 2. The molecule has 0 heterocycles. The molecule has 2 atom stereocenters. The summed E-state index contributed by atoms with van der Waals surface area (Å²) in [5.74, 6) is -1.38. The highest BCUT2D eigenvalue weighted by molar-refractivity contribution is 5.81. The van der Waals surface area contributed by atoms with Crippen LogP contribution in [-0.2, 0) is 42.7 Å². The number of alkyl halides is 10. The summed E-state index contributed by atoms with van der Waals surface area (Å²) >= 11 is 0. The Morgan fingerprint density at radius 2 is 1.31 bits per heavy atom. The van der Waals surface area contributed by atoms with Crippen molar-refractivity contribution in [3.63, 3.8) is 0 Å². The van der Waals surface area contributed by atoms with Crippen LogP contribution in [0.4, 0.5) is 53.5 Å². The summed E-state index contributed by atoms with van der Waals surface area (Å²) < 4.78 is 160. The molecule has 1 aliphatic carbocycles. The number of alkyl carbamates (subject to hydrolysis) is 2. The highest BCUT2D eigenvalue weighted by Gasteiger charge is 2.68. The zero-order valence-electron chi connectivity index (χ0n) is 25.7. The minimum atomic E-state index is -6.65. The predicted molar refractivity (Wildman–Crippen MR) is 139 cm³/mol. The van der Waals surface area contributed by atoms with Crippen LogP contribution < -0.4 is 10.6 Å². The van der Waals surface area contributed by atoms with Crippen molar-refractivity contribution in [2.24, 2.45) is 0 Å². The van der Waals surface area contributed by atoms with Crippen molar-refractivity contribution < 1.29 is 96.2 Å². The molecule has 2 amide bonds. The maximum atomic E-state index is 13.8. The molecular weight excluding hydrogens is 706 g/mol. The second-order valence-electron chi connectivity index (χ2n) is 10.1. The Morgan fingerprint density at radius 3 is 1.88 bits per heavy atom. The van der Waals surface area contributed by atoms with E-state index in [9.17, 15) is 63.1 Å². The Bertz CT molecular complexity index is 1120. The number of carbonyl (C=O) groups excluding carboxylic acids is 4. The molecule has 0 radical (unpaired) electrons. The third-order valence-electron chi connectivity index (χ3n) is 6.08.